The van der Waals surface area contributed by atoms with Gasteiger partial charge in [0.05, 0.1) is 12.5 Å². The van der Waals surface area contributed by atoms with Crippen LogP contribution in [0.4, 0.5) is 0 Å². The first-order valence-electron chi connectivity index (χ1n) is 14.9. The molecule has 6 nitrogen and oxygen atoms in total. The zero-order valence-electron chi connectivity index (χ0n) is 25.0. The largest absolute Gasteiger partial charge is 0.391 e. The molecule has 2 unspecified atom stereocenters. The van der Waals surface area contributed by atoms with Gasteiger partial charge in [0.25, 0.3) is 0 Å². The predicted molar refractivity (Wildman–Crippen MR) is 171 cm³/mol. The van der Waals surface area contributed by atoms with Gasteiger partial charge in [-0.25, -0.2) is 0 Å². The lowest BCUT2D eigenvalue weighted by molar-refractivity contribution is -0.405. The second-order valence-corrected chi connectivity index (χ2v) is 11.2. The third-order valence-corrected chi connectivity index (χ3v) is 8.58. The minimum absolute atomic E-state index is 0.143. The summed E-state index contributed by atoms with van der Waals surface area (Å²) in [5.41, 5.74) is 2.30. The van der Waals surface area contributed by atoms with Gasteiger partial charge >= 0.3 is 5.97 Å². The average molecular weight is 588 g/mol. The SMILES string of the molecule is COC(OC)(OC(c1ccccc1)(c1ccccc1)c1ccccc1)C1CC(O)CN1C(=O)Cc1ccc2ccccc2c1. The monoisotopic (exact) mass is 587 g/mol. The van der Waals surface area contributed by atoms with Gasteiger partial charge in [-0.3, -0.25) is 4.79 Å². The van der Waals surface area contributed by atoms with Crippen LogP contribution in [0.25, 0.3) is 10.8 Å². The smallest absolute Gasteiger partial charge is 0.305 e. The summed E-state index contributed by atoms with van der Waals surface area (Å²) in [6.45, 7) is 0.143. The molecule has 0 radical (unpaired) electrons. The van der Waals surface area contributed by atoms with E-state index in [1.807, 2.05) is 127 Å². The lowest BCUT2D eigenvalue weighted by Gasteiger charge is -2.47. The average Bonchev–Trinajstić information content (AvgIpc) is 3.49. The van der Waals surface area contributed by atoms with Gasteiger partial charge in [0.2, 0.25) is 5.91 Å². The van der Waals surface area contributed by atoms with Crippen LogP contribution in [0.1, 0.15) is 28.7 Å². The molecule has 1 heterocycles. The van der Waals surface area contributed by atoms with E-state index in [0.717, 1.165) is 33.0 Å². The number of aliphatic hydroxyl groups is 1. The number of ether oxygens (including phenoxy) is 3. The quantitative estimate of drug-likeness (QED) is 0.153. The van der Waals surface area contributed by atoms with Gasteiger partial charge in [0.15, 0.2) is 0 Å². The summed E-state index contributed by atoms with van der Waals surface area (Å²) in [6, 6.07) is 43.2. The van der Waals surface area contributed by atoms with E-state index in [1.165, 1.54) is 14.2 Å². The fraction of sp³-hybridized carbons (Fsp3) is 0.237. The van der Waals surface area contributed by atoms with Crippen molar-refractivity contribution in [2.24, 2.45) is 0 Å². The van der Waals surface area contributed by atoms with Gasteiger partial charge < -0.3 is 24.2 Å². The van der Waals surface area contributed by atoms with Crippen LogP contribution in [0.3, 0.4) is 0 Å². The van der Waals surface area contributed by atoms with Crippen molar-refractivity contribution in [2.45, 2.75) is 36.6 Å². The summed E-state index contributed by atoms with van der Waals surface area (Å²) in [4.78, 5) is 15.7. The summed E-state index contributed by atoms with van der Waals surface area (Å²) < 4.78 is 19.6. The van der Waals surface area contributed by atoms with Gasteiger partial charge in [-0.2, -0.15) is 0 Å². The van der Waals surface area contributed by atoms with Crippen molar-refractivity contribution < 1.29 is 24.1 Å². The van der Waals surface area contributed by atoms with Crippen molar-refractivity contribution in [1.29, 1.82) is 0 Å². The zero-order valence-corrected chi connectivity index (χ0v) is 25.0. The molecule has 0 bridgehead atoms. The van der Waals surface area contributed by atoms with Crippen molar-refractivity contribution in [3.05, 3.63) is 156 Å². The first-order valence-corrected chi connectivity index (χ1v) is 14.9. The standard InChI is InChI=1S/C38H37NO5/c1-42-38(43-2,35-26-34(40)27-39(35)36(41)25-28-22-23-29-14-12-13-15-30(29)24-28)44-37(31-16-6-3-7-17-31,32-18-8-4-9-19-32)33-20-10-5-11-21-33/h3-24,34-35,40H,25-27H2,1-2H3. The van der Waals surface area contributed by atoms with Crippen LogP contribution in [0.2, 0.25) is 0 Å². The Morgan fingerprint density at radius 3 is 1.75 bits per heavy atom. The van der Waals surface area contributed by atoms with Crippen molar-refractivity contribution in [2.75, 3.05) is 20.8 Å². The molecule has 5 aromatic carbocycles. The molecule has 1 fully saturated rings. The van der Waals surface area contributed by atoms with E-state index < -0.39 is 23.7 Å². The van der Waals surface area contributed by atoms with Crippen molar-refractivity contribution >= 4 is 16.7 Å². The van der Waals surface area contributed by atoms with E-state index in [0.29, 0.717) is 0 Å². The number of likely N-dealkylation sites (tertiary alicyclic amines) is 1. The van der Waals surface area contributed by atoms with Crippen molar-refractivity contribution in [3.63, 3.8) is 0 Å². The molecule has 1 aliphatic rings. The molecule has 0 aliphatic carbocycles. The van der Waals surface area contributed by atoms with Crippen LogP contribution in [-0.4, -0.2) is 54.8 Å². The number of aliphatic hydroxyl groups excluding tert-OH is 1. The molecule has 0 spiro atoms. The van der Waals surface area contributed by atoms with Crippen LogP contribution < -0.4 is 0 Å². The highest BCUT2D eigenvalue weighted by molar-refractivity contribution is 5.85. The highest BCUT2D eigenvalue weighted by Crippen LogP contribution is 2.46. The number of carbonyl (C=O) groups is 1. The van der Waals surface area contributed by atoms with Crippen LogP contribution in [-0.2, 0) is 31.0 Å². The van der Waals surface area contributed by atoms with E-state index in [4.69, 9.17) is 14.2 Å². The number of fused-ring (bicyclic) bond motifs is 1. The summed E-state index contributed by atoms with van der Waals surface area (Å²) in [7, 11) is 3.04. The van der Waals surface area contributed by atoms with Crippen molar-refractivity contribution in [1.82, 2.24) is 4.90 Å². The van der Waals surface area contributed by atoms with Crippen LogP contribution in [0.15, 0.2) is 133 Å². The zero-order chi connectivity index (χ0) is 30.6. The van der Waals surface area contributed by atoms with Gasteiger partial charge in [-0.15, -0.1) is 0 Å². The Bertz CT molecular complexity index is 1590. The normalized spacial score (nSPS) is 17.2. The molecule has 1 saturated heterocycles. The third-order valence-electron chi connectivity index (χ3n) is 8.58. The molecular formula is C38H37NO5. The Balaban J connectivity index is 1.43. The molecule has 6 rings (SSSR count). The molecule has 2 atom stereocenters. The highest BCUT2D eigenvalue weighted by Gasteiger charge is 2.56. The maximum Gasteiger partial charge on any atom is 0.305 e. The molecule has 0 aromatic heterocycles. The second-order valence-electron chi connectivity index (χ2n) is 11.2. The number of amides is 1. The topological polar surface area (TPSA) is 68.2 Å². The summed E-state index contributed by atoms with van der Waals surface area (Å²) in [5.74, 6) is -1.88. The molecule has 224 valence electrons. The number of β-amino-alcohol motifs (C(OH)–C–C–N with tert-alkyl or cyclic N) is 1. The number of hydrogen-bond donors (Lipinski definition) is 1. The number of rotatable bonds is 10. The fourth-order valence-corrected chi connectivity index (χ4v) is 6.47. The van der Waals surface area contributed by atoms with Crippen LogP contribution in [0.5, 0.6) is 0 Å². The third kappa shape index (κ3) is 5.53. The number of methoxy groups -OCH3 is 2. The Hall–Kier alpha value is -4.33. The first kappa shape index (κ1) is 29.7. The lowest BCUT2D eigenvalue weighted by atomic mass is 9.80. The second kappa shape index (κ2) is 12.7. The molecule has 6 heteroatoms. The first-order chi connectivity index (χ1) is 21.5. The molecule has 44 heavy (non-hydrogen) atoms. The van der Waals surface area contributed by atoms with Gasteiger partial charge in [-0.05, 0) is 33.0 Å². The molecule has 1 N–H and O–H groups in total. The Kier molecular flexibility index (Phi) is 8.60. The summed E-state index contributed by atoms with van der Waals surface area (Å²) in [5, 5.41) is 13.2. The van der Waals surface area contributed by atoms with E-state index in [9.17, 15) is 9.90 Å². The molecule has 1 amide bonds. The number of benzene rings is 5. The Labute approximate surface area is 258 Å². The van der Waals surface area contributed by atoms with E-state index in [-0.39, 0.29) is 25.3 Å². The maximum absolute atomic E-state index is 14.0. The number of nitrogens with zero attached hydrogens (tertiary/aromatic N) is 1. The molecule has 1 aliphatic heterocycles. The molecule has 5 aromatic rings. The van der Waals surface area contributed by atoms with Crippen LogP contribution in [0, 0.1) is 0 Å². The van der Waals surface area contributed by atoms with E-state index in [2.05, 4.69) is 6.07 Å². The highest BCUT2D eigenvalue weighted by atomic mass is 16.9. The van der Waals surface area contributed by atoms with Gasteiger partial charge in [0.1, 0.15) is 11.6 Å². The molecular weight excluding hydrogens is 550 g/mol. The maximum atomic E-state index is 14.0. The Morgan fingerprint density at radius 1 is 0.727 bits per heavy atom. The predicted octanol–water partition coefficient (Wildman–Crippen LogP) is 6.30. The van der Waals surface area contributed by atoms with Crippen molar-refractivity contribution in [3.8, 4) is 0 Å². The number of hydrogen-bond acceptors (Lipinski definition) is 5. The van der Waals surface area contributed by atoms with E-state index in [1.54, 1.807) is 4.90 Å². The molecule has 0 saturated carbocycles. The fourth-order valence-electron chi connectivity index (χ4n) is 6.47. The van der Waals surface area contributed by atoms with E-state index >= 15 is 0 Å². The van der Waals surface area contributed by atoms with Crippen LogP contribution >= 0.6 is 0 Å². The minimum atomic E-state index is -1.74. The lowest BCUT2D eigenvalue weighted by Crippen LogP contribution is -2.59. The Morgan fingerprint density at radius 2 is 1.23 bits per heavy atom. The van der Waals surface area contributed by atoms with Gasteiger partial charge in [0, 0.05) is 27.2 Å². The summed E-state index contributed by atoms with van der Waals surface area (Å²) >= 11 is 0. The van der Waals surface area contributed by atoms with Gasteiger partial charge in [-0.1, -0.05) is 133 Å². The number of carbonyl (C=O) groups excluding carboxylic acids is 1. The summed E-state index contributed by atoms with van der Waals surface area (Å²) in [6.07, 6.45) is -0.383. The minimum Gasteiger partial charge on any atom is -0.391 e.